The lowest BCUT2D eigenvalue weighted by Crippen LogP contribution is -2.06. The average Bonchev–Trinajstić information content (AvgIpc) is 3.18. The Labute approximate surface area is 133 Å². The molecule has 2 heterocycles. The van der Waals surface area contributed by atoms with Gasteiger partial charge >= 0.3 is 0 Å². The molecule has 0 radical (unpaired) electrons. The maximum absolute atomic E-state index is 14.2. The van der Waals surface area contributed by atoms with E-state index in [1.165, 1.54) is 6.07 Å². The Morgan fingerprint density at radius 1 is 1.13 bits per heavy atom. The van der Waals surface area contributed by atoms with E-state index in [-0.39, 0.29) is 5.82 Å². The average molecular weight is 309 g/mol. The number of aromatic nitrogens is 2. The maximum atomic E-state index is 14.2. The number of hydrogen-bond donors (Lipinski definition) is 1. The standard InChI is InChI=1S/C18H16FN3O/c1-23-16-9-5-2-6-12(16)17-13-10-11-20-18(13)22(21-17)15-8-4-3-7-14(15)19/h2-9,20H,10-11H2,1H3. The molecule has 0 saturated heterocycles. The highest BCUT2D eigenvalue weighted by molar-refractivity contribution is 5.76. The highest BCUT2D eigenvalue weighted by Crippen LogP contribution is 2.38. The zero-order chi connectivity index (χ0) is 15.8. The number of methoxy groups -OCH3 is 1. The highest BCUT2D eigenvalue weighted by atomic mass is 19.1. The molecule has 5 heteroatoms. The molecule has 0 aliphatic carbocycles. The van der Waals surface area contributed by atoms with E-state index in [4.69, 9.17) is 4.74 Å². The first-order chi connectivity index (χ1) is 11.3. The molecule has 1 N–H and O–H groups in total. The summed E-state index contributed by atoms with van der Waals surface area (Å²) in [5.41, 5.74) is 3.30. The number of fused-ring (bicyclic) bond motifs is 1. The minimum Gasteiger partial charge on any atom is -0.496 e. The van der Waals surface area contributed by atoms with Crippen molar-refractivity contribution in [1.82, 2.24) is 9.78 Å². The molecule has 1 aliphatic rings. The lowest BCUT2D eigenvalue weighted by atomic mass is 10.1. The Hall–Kier alpha value is -2.82. The van der Waals surface area contributed by atoms with Crippen LogP contribution in [-0.4, -0.2) is 23.4 Å². The quantitative estimate of drug-likeness (QED) is 0.802. The van der Waals surface area contributed by atoms with E-state index in [1.54, 1.807) is 23.9 Å². The van der Waals surface area contributed by atoms with Crippen molar-refractivity contribution in [1.29, 1.82) is 0 Å². The van der Waals surface area contributed by atoms with Gasteiger partial charge in [-0.15, -0.1) is 0 Å². The van der Waals surface area contributed by atoms with Gasteiger partial charge in [-0.2, -0.15) is 5.10 Å². The molecule has 0 fully saturated rings. The largest absolute Gasteiger partial charge is 0.496 e. The zero-order valence-corrected chi connectivity index (χ0v) is 12.7. The minimum atomic E-state index is -0.293. The van der Waals surface area contributed by atoms with Crippen molar-refractivity contribution in [2.24, 2.45) is 0 Å². The van der Waals surface area contributed by atoms with Crippen molar-refractivity contribution in [2.75, 3.05) is 19.0 Å². The third-order valence-electron chi connectivity index (χ3n) is 4.09. The molecule has 0 unspecified atom stereocenters. The first-order valence-corrected chi connectivity index (χ1v) is 7.53. The van der Waals surface area contributed by atoms with Crippen LogP contribution in [-0.2, 0) is 6.42 Å². The first kappa shape index (κ1) is 13.8. The van der Waals surface area contributed by atoms with E-state index in [2.05, 4.69) is 10.4 Å². The van der Waals surface area contributed by atoms with Crippen LogP contribution in [0, 0.1) is 5.82 Å². The van der Waals surface area contributed by atoms with Gasteiger partial charge in [0, 0.05) is 17.7 Å². The maximum Gasteiger partial charge on any atom is 0.148 e. The van der Waals surface area contributed by atoms with Crippen LogP contribution in [0.1, 0.15) is 5.56 Å². The van der Waals surface area contributed by atoms with E-state index in [1.807, 2.05) is 30.3 Å². The monoisotopic (exact) mass is 309 g/mol. The molecule has 0 bridgehead atoms. The van der Waals surface area contributed by atoms with Crippen molar-refractivity contribution >= 4 is 5.82 Å². The van der Waals surface area contributed by atoms with Crippen LogP contribution in [0.5, 0.6) is 5.75 Å². The van der Waals surface area contributed by atoms with Crippen molar-refractivity contribution in [3.05, 3.63) is 59.9 Å². The Morgan fingerprint density at radius 3 is 2.74 bits per heavy atom. The fourth-order valence-electron chi connectivity index (χ4n) is 3.03. The predicted octanol–water partition coefficient (Wildman–Crippen LogP) is 3.66. The second-order valence-corrected chi connectivity index (χ2v) is 5.42. The molecule has 0 atom stereocenters. The molecular weight excluding hydrogens is 293 g/mol. The molecule has 0 spiro atoms. The normalized spacial score (nSPS) is 12.8. The Balaban J connectivity index is 1.94. The molecule has 3 aromatic rings. The molecule has 116 valence electrons. The third-order valence-corrected chi connectivity index (χ3v) is 4.09. The van der Waals surface area contributed by atoms with Gasteiger partial charge in [-0.05, 0) is 30.7 Å². The fraction of sp³-hybridized carbons (Fsp3) is 0.167. The molecule has 0 saturated carbocycles. The van der Waals surface area contributed by atoms with Gasteiger partial charge in [0.2, 0.25) is 0 Å². The van der Waals surface area contributed by atoms with E-state index >= 15 is 0 Å². The molecule has 1 aliphatic heterocycles. The summed E-state index contributed by atoms with van der Waals surface area (Å²) in [6.07, 6.45) is 0.858. The summed E-state index contributed by atoms with van der Waals surface area (Å²) in [5, 5.41) is 7.99. The highest BCUT2D eigenvalue weighted by Gasteiger charge is 2.26. The van der Waals surface area contributed by atoms with Gasteiger partial charge < -0.3 is 10.1 Å². The Bertz CT molecular complexity index is 872. The number of anilines is 1. The molecule has 2 aromatic carbocycles. The molecule has 1 aromatic heterocycles. The Kier molecular flexibility index (Phi) is 3.26. The van der Waals surface area contributed by atoms with Gasteiger partial charge in [-0.3, -0.25) is 0 Å². The molecule has 23 heavy (non-hydrogen) atoms. The van der Waals surface area contributed by atoms with Crippen LogP contribution >= 0.6 is 0 Å². The van der Waals surface area contributed by atoms with E-state index in [0.29, 0.717) is 5.69 Å². The Morgan fingerprint density at radius 2 is 1.91 bits per heavy atom. The van der Waals surface area contributed by atoms with Crippen LogP contribution in [0.25, 0.3) is 16.9 Å². The lowest BCUT2D eigenvalue weighted by Gasteiger charge is -2.08. The van der Waals surface area contributed by atoms with E-state index < -0.39 is 0 Å². The van der Waals surface area contributed by atoms with Crippen molar-refractivity contribution < 1.29 is 9.13 Å². The van der Waals surface area contributed by atoms with Gasteiger partial charge in [0.15, 0.2) is 0 Å². The molecule has 4 rings (SSSR count). The molecule has 0 amide bonds. The fourth-order valence-corrected chi connectivity index (χ4v) is 3.03. The summed E-state index contributed by atoms with van der Waals surface area (Å²) < 4.78 is 21.3. The van der Waals surface area contributed by atoms with Crippen molar-refractivity contribution in [3.63, 3.8) is 0 Å². The summed E-state index contributed by atoms with van der Waals surface area (Å²) in [4.78, 5) is 0. The van der Waals surface area contributed by atoms with Crippen LogP contribution < -0.4 is 10.1 Å². The van der Waals surface area contributed by atoms with Crippen LogP contribution in [0.2, 0.25) is 0 Å². The number of hydrogen-bond acceptors (Lipinski definition) is 3. The number of benzene rings is 2. The summed E-state index contributed by atoms with van der Waals surface area (Å²) in [6, 6.07) is 14.4. The SMILES string of the molecule is COc1ccccc1-c1nn(-c2ccccc2F)c2c1CCN2. The topological polar surface area (TPSA) is 39.1 Å². The number of halogens is 1. The number of nitrogens with zero attached hydrogens (tertiary/aromatic N) is 2. The summed E-state index contributed by atoms with van der Waals surface area (Å²) in [5.74, 6) is 1.33. The summed E-state index contributed by atoms with van der Waals surface area (Å²) >= 11 is 0. The van der Waals surface area contributed by atoms with Gasteiger partial charge in [0.25, 0.3) is 0 Å². The number of ether oxygens (including phenoxy) is 1. The number of nitrogens with one attached hydrogen (secondary N) is 1. The second kappa shape index (κ2) is 5.43. The van der Waals surface area contributed by atoms with Crippen molar-refractivity contribution in [2.45, 2.75) is 6.42 Å². The minimum absolute atomic E-state index is 0.293. The van der Waals surface area contributed by atoms with Crippen LogP contribution in [0.15, 0.2) is 48.5 Å². The summed E-state index contributed by atoms with van der Waals surface area (Å²) in [6.45, 7) is 0.823. The van der Waals surface area contributed by atoms with Crippen LogP contribution in [0.4, 0.5) is 10.2 Å². The lowest BCUT2D eigenvalue weighted by molar-refractivity contribution is 0.416. The second-order valence-electron chi connectivity index (χ2n) is 5.42. The smallest absolute Gasteiger partial charge is 0.148 e. The molecule has 4 nitrogen and oxygen atoms in total. The first-order valence-electron chi connectivity index (χ1n) is 7.53. The van der Waals surface area contributed by atoms with Gasteiger partial charge in [0.1, 0.15) is 28.8 Å². The third kappa shape index (κ3) is 2.16. The summed E-state index contributed by atoms with van der Waals surface area (Å²) in [7, 11) is 1.64. The van der Waals surface area contributed by atoms with Gasteiger partial charge in [-0.25, -0.2) is 9.07 Å². The van der Waals surface area contributed by atoms with E-state index in [0.717, 1.165) is 41.4 Å². The zero-order valence-electron chi connectivity index (χ0n) is 12.7. The number of para-hydroxylation sites is 2. The molecular formula is C18H16FN3O. The number of rotatable bonds is 3. The van der Waals surface area contributed by atoms with E-state index in [9.17, 15) is 4.39 Å². The van der Waals surface area contributed by atoms with Gasteiger partial charge in [0.05, 0.1) is 7.11 Å². The van der Waals surface area contributed by atoms with Gasteiger partial charge in [-0.1, -0.05) is 24.3 Å². The predicted molar refractivity (Wildman–Crippen MR) is 87.7 cm³/mol. The van der Waals surface area contributed by atoms with Crippen LogP contribution in [0.3, 0.4) is 0 Å². The van der Waals surface area contributed by atoms with Crippen molar-refractivity contribution in [3.8, 4) is 22.7 Å².